The second-order valence-electron chi connectivity index (χ2n) is 9.85. The van der Waals surface area contributed by atoms with E-state index in [1.54, 1.807) is 11.7 Å². The number of nitrogens with zero attached hydrogens (tertiary/aromatic N) is 3. The zero-order valence-corrected chi connectivity index (χ0v) is 21.4. The van der Waals surface area contributed by atoms with E-state index in [0.717, 1.165) is 41.6 Å². The summed E-state index contributed by atoms with van der Waals surface area (Å²) < 4.78 is 34.7. The number of ether oxygens (including phenoxy) is 1. The fourth-order valence-electron chi connectivity index (χ4n) is 4.79. The second kappa shape index (κ2) is 8.95. The Labute approximate surface area is 206 Å². The fourth-order valence-corrected chi connectivity index (χ4v) is 5.74. The Balaban J connectivity index is 1.66. The number of rotatable bonds is 8. The van der Waals surface area contributed by atoms with Crippen molar-refractivity contribution in [1.29, 1.82) is 0 Å². The lowest BCUT2D eigenvalue weighted by molar-refractivity contribution is -0.107. The van der Waals surface area contributed by atoms with E-state index in [1.807, 2.05) is 43.3 Å². The van der Waals surface area contributed by atoms with Gasteiger partial charge in [0.15, 0.2) is 0 Å². The van der Waals surface area contributed by atoms with Crippen molar-refractivity contribution in [2.75, 3.05) is 30.8 Å². The van der Waals surface area contributed by atoms with Crippen LogP contribution in [0.5, 0.6) is 0 Å². The maximum atomic E-state index is 13.0. The quantitative estimate of drug-likeness (QED) is 0.513. The lowest BCUT2D eigenvalue weighted by Crippen LogP contribution is -2.41. The first-order chi connectivity index (χ1) is 16.7. The third kappa shape index (κ3) is 4.54. The van der Waals surface area contributed by atoms with Gasteiger partial charge in [0.1, 0.15) is 5.69 Å². The first kappa shape index (κ1) is 23.8. The summed E-state index contributed by atoms with van der Waals surface area (Å²) in [4.78, 5) is 13.0. The number of anilines is 1. The van der Waals surface area contributed by atoms with Gasteiger partial charge in [-0.15, -0.1) is 0 Å². The molecule has 1 aliphatic heterocycles. The topological polar surface area (TPSA) is 93.5 Å². The Morgan fingerprint density at radius 3 is 2.49 bits per heavy atom. The van der Waals surface area contributed by atoms with Gasteiger partial charge in [-0.05, 0) is 61.9 Å². The van der Waals surface area contributed by atoms with Gasteiger partial charge < -0.3 is 10.1 Å². The molecule has 186 valence electrons. The van der Waals surface area contributed by atoms with Crippen LogP contribution in [0.2, 0.25) is 0 Å². The molecule has 3 aromatic rings. The first-order valence-corrected chi connectivity index (χ1v) is 14.0. The monoisotopic (exact) mass is 496 g/mol. The fraction of sp³-hybridized carbons (Fsp3) is 0.462. The van der Waals surface area contributed by atoms with Crippen LogP contribution in [-0.4, -0.2) is 56.7 Å². The van der Waals surface area contributed by atoms with Crippen LogP contribution in [0.4, 0.5) is 5.69 Å². The molecule has 2 aromatic carbocycles. The van der Waals surface area contributed by atoms with Crippen molar-refractivity contribution in [3.05, 3.63) is 53.2 Å². The lowest BCUT2D eigenvalue weighted by Gasteiger charge is -2.36. The second-order valence-corrected chi connectivity index (χ2v) is 11.8. The molecule has 1 saturated heterocycles. The van der Waals surface area contributed by atoms with Crippen molar-refractivity contribution in [2.24, 2.45) is 5.92 Å². The normalized spacial score (nSPS) is 20.0. The summed E-state index contributed by atoms with van der Waals surface area (Å²) in [5.41, 5.74) is 4.54. The molecule has 1 saturated carbocycles. The molecular formula is C26H32N4O4S. The summed E-state index contributed by atoms with van der Waals surface area (Å²) in [7, 11) is -1.93. The number of nitrogens with one attached hydrogen (secondary N) is 1. The molecule has 35 heavy (non-hydrogen) atoms. The van der Waals surface area contributed by atoms with E-state index in [4.69, 9.17) is 9.84 Å². The van der Waals surface area contributed by atoms with E-state index in [-0.39, 0.29) is 17.9 Å². The molecule has 1 amide bonds. The Kier molecular flexibility index (Phi) is 6.09. The van der Waals surface area contributed by atoms with Gasteiger partial charge in [-0.25, -0.2) is 13.1 Å². The van der Waals surface area contributed by atoms with E-state index in [9.17, 15) is 13.2 Å². The van der Waals surface area contributed by atoms with E-state index in [0.29, 0.717) is 35.8 Å². The summed E-state index contributed by atoms with van der Waals surface area (Å²) >= 11 is 0. The van der Waals surface area contributed by atoms with Crippen molar-refractivity contribution in [3.63, 3.8) is 0 Å². The molecule has 0 radical (unpaired) electrons. The van der Waals surface area contributed by atoms with E-state index in [1.165, 1.54) is 10.6 Å². The molecule has 1 N–H and O–H groups in total. The molecule has 0 bridgehead atoms. The summed E-state index contributed by atoms with van der Waals surface area (Å²) in [6, 6.07) is 11.6. The highest BCUT2D eigenvalue weighted by Gasteiger charge is 2.34. The van der Waals surface area contributed by atoms with E-state index in [2.05, 4.69) is 12.2 Å². The van der Waals surface area contributed by atoms with Crippen molar-refractivity contribution in [3.8, 4) is 5.69 Å². The standard InChI is InChI=1S/C26H32N4O4S/c1-16-5-9-19(10-6-16)30-25(26(31)27-3)21-13-20(18-7-8-18)23(14-22(21)28-30)29(35(4,32)33)12-11-24-17(2)15-34-24/h5-6,9-10,13-14,17-18,24H,7-8,11-12,15H2,1-4H3,(H,27,31). The highest BCUT2D eigenvalue weighted by Crippen LogP contribution is 2.47. The Bertz CT molecular complexity index is 1380. The minimum absolute atomic E-state index is 0.0768. The molecule has 2 heterocycles. The van der Waals surface area contributed by atoms with Crippen LogP contribution in [0.15, 0.2) is 36.4 Å². The number of hydrogen-bond donors (Lipinski definition) is 1. The van der Waals surface area contributed by atoms with E-state index >= 15 is 0 Å². The molecule has 9 heteroatoms. The molecule has 2 fully saturated rings. The van der Waals surface area contributed by atoms with Gasteiger partial charge in [-0.3, -0.25) is 9.10 Å². The van der Waals surface area contributed by atoms with E-state index < -0.39 is 10.0 Å². The Morgan fingerprint density at radius 1 is 1.23 bits per heavy atom. The highest BCUT2D eigenvalue weighted by atomic mass is 32.2. The van der Waals surface area contributed by atoms with Crippen molar-refractivity contribution < 1.29 is 17.9 Å². The van der Waals surface area contributed by atoms with Crippen LogP contribution in [0.3, 0.4) is 0 Å². The molecule has 5 rings (SSSR count). The van der Waals surface area contributed by atoms with Gasteiger partial charge in [0.05, 0.1) is 35.9 Å². The number of sulfonamides is 1. The Morgan fingerprint density at radius 2 is 1.94 bits per heavy atom. The molecule has 8 nitrogen and oxygen atoms in total. The number of carbonyl (C=O) groups is 1. The summed E-state index contributed by atoms with van der Waals surface area (Å²) in [5.74, 6) is 0.471. The maximum absolute atomic E-state index is 13.0. The van der Waals surface area contributed by atoms with Gasteiger partial charge in [0, 0.05) is 24.9 Å². The third-order valence-corrected chi connectivity index (χ3v) is 8.23. The smallest absolute Gasteiger partial charge is 0.270 e. The molecule has 0 spiro atoms. The molecule has 2 aliphatic rings. The average Bonchev–Trinajstić information content (AvgIpc) is 3.59. The van der Waals surface area contributed by atoms with Crippen molar-refractivity contribution in [2.45, 2.75) is 45.1 Å². The highest BCUT2D eigenvalue weighted by molar-refractivity contribution is 7.92. The minimum Gasteiger partial charge on any atom is -0.377 e. The van der Waals surface area contributed by atoms with Gasteiger partial charge in [0.25, 0.3) is 5.91 Å². The zero-order chi connectivity index (χ0) is 24.9. The van der Waals surface area contributed by atoms with Crippen LogP contribution in [0.1, 0.15) is 53.7 Å². The van der Waals surface area contributed by atoms with Crippen LogP contribution >= 0.6 is 0 Å². The number of hydrogen-bond acceptors (Lipinski definition) is 5. The number of carbonyl (C=O) groups excluding carboxylic acids is 1. The van der Waals surface area contributed by atoms with Crippen molar-refractivity contribution in [1.82, 2.24) is 15.1 Å². The number of aryl methyl sites for hydroxylation is 1. The van der Waals surface area contributed by atoms with Crippen molar-refractivity contribution >= 4 is 32.5 Å². The summed E-state index contributed by atoms with van der Waals surface area (Å²) in [5, 5.41) is 8.23. The number of amides is 1. The third-order valence-electron chi connectivity index (χ3n) is 7.05. The summed E-state index contributed by atoms with van der Waals surface area (Å²) in [6.07, 6.45) is 3.96. The average molecular weight is 497 g/mol. The SMILES string of the molecule is CNC(=O)c1c2cc(C3CC3)c(N(CCC3OCC3C)S(C)(=O)=O)cc2nn1-c1ccc(C)cc1. The zero-order valence-electron chi connectivity index (χ0n) is 20.6. The predicted molar refractivity (Wildman–Crippen MR) is 137 cm³/mol. The largest absolute Gasteiger partial charge is 0.377 e. The Hall–Kier alpha value is -2.91. The predicted octanol–water partition coefficient (Wildman–Crippen LogP) is 3.76. The molecule has 2 unspecified atom stereocenters. The first-order valence-electron chi connectivity index (χ1n) is 12.1. The van der Waals surface area contributed by atoms with Crippen LogP contribution in [0.25, 0.3) is 16.6 Å². The van der Waals surface area contributed by atoms with Gasteiger partial charge >= 0.3 is 0 Å². The lowest BCUT2D eigenvalue weighted by atomic mass is 9.97. The molecule has 2 atom stereocenters. The van der Waals surface area contributed by atoms with Crippen LogP contribution in [-0.2, 0) is 14.8 Å². The maximum Gasteiger partial charge on any atom is 0.270 e. The van der Waals surface area contributed by atoms with Gasteiger partial charge in [-0.1, -0.05) is 24.6 Å². The summed E-state index contributed by atoms with van der Waals surface area (Å²) in [6.45, 7) is 5.20. The number of benzene rings is 2. The number of aromatic nitrogens is 2. The van der Waals surface area contributed by atoms with Crippen LogP contribution in [0, 0.1) is 12.8 Å². The molecule has 1 aliphatic carbocycles. The number of fused-ring (bicyclic) bond motifs is 1. The van der Waals surface area contributed by atoms with Crippen LogP contribution < -0.4 is 9.62 Å². The minimum atomic E-state index is -3.53. The molecule has 1 aromatic heterocycles. The molecular weight excluding hydrogens is 464 g/mol. The van der Waals surface area contributed by atoms with Gasteiger partial charge in [-0.2, -0.15) is 5.10 Å². The van der Waals surface area contributed by atoms with Gasteiger partial charge in [0.2, 0.25) is 10.0 Å².